The Kier molecular flexibility index (Phi) is 4.63. The minimum Gasteiger partial charge on any atom is -0.504 e. The number of hydrogen-bond donors (Lipinski definition) is 1. The number of aromatic hydroxyl groups is 1. The van der Waals surface area contributed by atoms with Crippen molar-refractivity contribution in [3.05, 3.63) is 46.2 Å². The Labute approximate surface area is 122 Å². The number of phenols is 1. The second-order valence-electron chi connectivity index (χ2n) is 4.26. The second kappa shape index (κ2) is 6.43. The topological polar surface area (TPSA) is 49.8 Å². The molecular weight excluding hydrogens is 274 g/mol. The molecule has 1 N–H and O–H groups in total. The van der Waals surface area contributed by atoms with E-state index in [1.54, 1.807) is 34.4 Å². The third kappa shape index (κ3) is 2.93. The molecule has 0 aliphatic carbocycles. The van der Waals surface area contributed by atoms with Crippen LogP contribution in [0.1, 0.15) is 22.2 Å². The standard InChI is InChI=1S/C15H17NO3S/c1-3-16(10-11-6-5-9-20-11)15(18)12-7-4-8-13(19-2)14(12)17/h4-9,17H,3,10H2,1-2H3. The van der Waals surface area contributed by atoms with Gasteiger partial charge in [0.15, 0.2) is 11.5 Å². The summed E-state index contributed by atoms with van der Waals surface area (Å²) in [6.45, 7) is 3.04. The van der Waals surface area contributed by atoms with E-state index in [1.807, 2.05) is 24.4 Å². The van der Waals surface area contributed by atoms with Crippen LogP contribution in [0.25, 0.3) is 0 Å². The van der Waals surface area contributed by atoms with Crippen LogP contribution in [0.5, 0.6) is 11.5 Å². The fourth-order valence-corrected chi connectivity index (χ4v) is 2.67. The fourth-order valence-electron chi connectivity index (χ4n) is 1.95. The summed E-state index contributed by atoms with van der Waals surface area (Å²) in [4.78, 5) is 15.3. The SMILES string of the molecule is CCN(Cc1cccs1)C(=O)c1cccc(OC)c1O. The van der Waals surface area contributed by atoms with Crippen LogP contribution < -0.4 is 4.74 Å². The van der Waals surface area contributed by atoms with Crippen molar-refractivity contribution in [2.24, 2.45) is 0 Å². The maximum atomic E-state index is 12.5. The molecule has 0 saturated carbocycles. The highest BCUT2D eigenvalue weighted by Gasteiger charge is 2.20. The monoisotopic (exact) mass is 291 g/mol. The number of benzene rings is 1. The van der Waals surface area contributed by atoms with Gasteiger partial charge in [-0.05, 0) is 30.5 Å². The maximum absolute atomic E-state index is 12.5. The fraction of sp³-hybridized carbons (Fsp3) is 0.267. The van der Waals surface area contributed by atoms with Crippen molar-refractivity contribution in [1.82, 2.24) is 4.90 Å². The first-order valence-electron chi connectivity index (χ1n) is 6.35. The van der Waals surface area contributed by atoms with Crippen LogP contribution in [-0.4, -0.2) is 29.6 Å². The number of methoxy groups -OCH3 is 1. The molecule has 2 aromatic rings. The number of amides is 1. The van der Waals surface area contributed by atoms with Crippen LogP contribution in [0.4, 0.5) is 0 Å². The van der Waals surface area contributed by atoms with E-state index in [9.17, 15) is 9.90 Å². The van der Waals surface area contributed by atoms with Crippen molar-refractivity contribution in [2.45, 2.75) is 13.5 Å². The molecule has 0 radical (unpaired) electrons. The van der Waals surface area contributed by atoms with E-state index >= 15 is 0 Å². The molecule has 0 aliphatic heterocycles. The van der Waals surface area contributed by atoms with Gasteiger partial charge < -0.3 is 14.7 Å². The summed E-state index contributed by atoms with van der Waals surface area (Å²) in [6.07, 6.45) is 0. The number of hydrogen-bond acceptors (Lipinski definition) is 4. The van der Waals surface area contributed by atoms with E-state index in [4.69, 9.17) is 4.74 Å². The largest absolute Gasteiger partial charge is 0.504 e. The molecule has 0 fully saturated rings. The van der Waals surface area contributed by atoms with Gasteiger partial charge in [-0.15, -0.1) is 11.3 Å². The molecule has 0 atom stereocenters. The second-order valence-corrected chi connectivity index (χ2v) is 5.29. The van der Waals surface area contributed by atoms with Crippen molar-refractivity contribution in [2.75, 3.05) is 13.7 Å². The van der Waals surface area contributed by atoms with Crippen LogP contribution >= 0.6 is 11.3 Å². The predicted octanol–water partition coefficient (Wildman–Crippen LogP) is 3.12. The van der Waals surface area contributed by atoms with Crippen molar-refractivity contribution in [3.63, 3.8) is 0 Å². The third-order valence-corrected chi connectivity index (χ3v) is 3.91. The van der Waals surface area contributed by atoms with E-state index in [2.05, 4.69) is 0 Å². The number of carbonyl (C=O) groups is 1. The van der Waals surface area contributed by atoms with Gasteiger partial charge in [-0.2, -0.15) is 0 Å². The first-order valence-corrected chi connectivity index (χ1v) is 7.23. The average molecular weight is 291 g/mol. The minimum absolute atomic E-state index is 0.107. The first-order chi connectivity index (χ1) is 9.67. The zero-order valence-corrected chi connectivity index (χ0v) is 12.3. The molecule has 0 aliphatic rings. The Hall–Kier alpha value is -2.01. The highest BCUT2D eigenvalue weighted by atomic mass is 32.1. The molecule has 2 rings (SSSR count). The van der Waals surface area contributed by atoms with Gasteiger partial charge in [0.1, 0.15) is 0 Å². The summed E-state index contributed by atoms with van der Waals surface area (Å²) in [5.74, 6) is 0.00459. The number of carbonyl (C=O) groups excluding carboxylic acids is 1. The van der Waals surface area contributed by atoms with Gasteiger partial charge in [-0.3, -0.25) is 4.79 Å². The molecule has 1 amide bonds. The summed E-state index contributed by atoms with van der Waals surface area (Å²) in [5, 5.41) is 12.0. The average Bonchev–Trinajstić information content (AvgIpc) is 2.97. The van der Waals surface area contributed by atoms with Crippen molar-refractivity contribution < 1.29 is 14.6 Å². The van der Waals surface area contributed by atoms with Gasteiger partial charge >= 0.3 is 0 Å². The predicted molar refractivity (Wildman–Crippen MR) is 79.4 cm³/mol. The van der Waals surface area contributed by atoms with E-state index in [1.165, 1.54) is 7.11 Å². The summed E-state index contributed by atoms with van der Waals surface area (Å²) in [6, 6.07) is 8.89. The van der Waals surface area contributed by atoms with Crippen molar-refractivity contribution in [3.8, 4) is 11.5 Å². The number of rotatable bonds is 5. The van der Waals surface area contributed by atoms with Crippen LogP contribution in [0.15, 0.2) is 35.7 Å². The highest BCUT2D eigenvalue weighted by molar-refractivity contribution is 7.09. The third-order valence-electron chi connectivity index (χ3n) is 3.05. The number of ether oxygens (including phenoxy) is 1. The Balaban J connectivity index is 2.24. The lowest BCUT2D eigenvalue weighted by atomic mass is 10.1. The molecular formula is C15H17NO3S. The van der Waals surface area contributed by atoms with Crippen molar-refractivity contribution >= 4 is 17.2 Å². The Bertz CT molecular complexity index is 581. The van der Waals surface area contributed by atoms with Gasteiger partial charge in [0.2, 0.25) is 0 Å². The lowest BCUT2D eigenvalue weighted by molar-refractivity contribution is 0.0750. The molecule has 0 saturated heterocycles. The minimum atomic E-state index is -0.197. The molecule has 20 heavy (non-hydrogen) atoms. The molecule has 4 nitrogen and oxygen atoms in total. The summed E-state index contributed by atoms with van der Waals surface area (Å²) in [7, 11) is 1.46. The lowest BCUT2D eigenvalue weighted by Gasteiger charge is -2.21. The van der Waals surface area contributed by atoms with E-state index in [-0.39, 0.29) is 17.2 Å². The van der Waals surface area contributed by atoms with Crippen LogP contribution in [-0.2, 0) is 6.54 Å². The number of phenolic OH excluding ortho intramolecular Hbond substituents is 1. The van der Waals surface area contributed by atoms with Crippen LogP contribution in [0, 0.1) is 0 Å². The lowest BCUT2D eigenvalue weighted by Crippen LogP contribution is -2.30. The summed E-state index contributed by atoms with van der Waals surface area (Å²) in [5.41, 5.74) is 0.266. The molecule has 1 heterocycles. The van der Waals surface area contributed by atoms with Crippen LogP contribution in [0.2, 0.25) is 0 Å². The van der Waals surface area contributed by atoms with Crippen LogP contribution in [0.3, 0.4) is 0 Å². The zero-order chi connectivity index (χ0) is 14.5. The number of para-hydroxylation sites is 1. The molecule has 106 valence electrons. The van der Waals surface area contributed by atoms with Crippen molar-refractivity contribution in [1.29, 1.82) is 0 Å². The van der Waals surface area contributed by atoms with Gasteiger partial charge in [0.05, 0.1) is 19.2 Å². The van der Waals surface area contributed by atoms with E-state index in [0.717, 1.165) is 4.88 Å². The molecule has 0 unspecified atom stereocenters. The highest BCUT2D eigenvalue weighted by Crippen LogP contribution is 2.30. The number of nitrogens with zero attached hydrogens (tertiary/aromatic N) is 1. The molecule has 5 heteroatoms. The normalized spacial score (nSPS) is 10.3. The van der Waals surface area contributed by atoms with E-state index in [0.29, 0.717) is 18.8 Å². The van der Waals surface area contributed by atoms with Gasteiger partial charge in [0, 0.05) is 11.4 Å². The smallest absolute Gasteiger partial charge is 0.258 e. The van der Waals surface area contributed by atoms with Gasteiger partial charge in [-0.1, -0.05) is 12.1 Å². The van der Waals surface area contributed by atoms with Gasteiger partial charge in [-0.25, -0.2) is 0 Å². The maximum Gasteiger partial charge on any atom is 0.258 e. The summed E-state index contributed by atoms with van der Waals surface area (Å²) >= 11 is 1.61. The molecule has 1 aromatic heterocycles. The summed E-state index contributed by atoms with van der Waals surface area (Å²) < 4.78 is 5.04. The Morgan fingerprint density at radius 1 is 1.35 bits per heavy atom. The quantitative estimate of drug-likeness (QED) is 0.920. The first kappa shape index (κ1) is 14.4. The van der Waals surface area contributed by atoms with E-state index < -0.39 is 0 Å². The van der Waals surface area contributed by atoms with Gasteiger partial charge in [0.25, 0.3) is 5.91 Å². The zero-order valence-electron chi connectivity index (χ0n) is 11.5. The Morgan fingerprint density at radius 2 is 2.15 bits per heavy atom. The molecule has 0 bridgehead atoms. The molecule has 0 spiro atoms. The Morgan fingerprint density at radius 3 is 2.75 bits per heavy atom. The number of thiophene rings is 1. The molecule has 1 aromatic carbocycles.